The Morgan fingerprint density at radius 3 is 2.71 bits per heavy atom. The van der Waals surface area contributed by atoms with E-state index in [-0.39, 0.29) is 0 Å². The van der Waals surface area contributed by atoms with Crippen LogP contribution in [0.25, 0.3) is 0 Å². The molecule has 2 N–H and O–H groups in total. The molecule has 2 heterocycles. The van der Waals surface area contributed by atoms with Crippen LogP contribution in [0, 0.1) is 0 Å². The molecule has 0 aliphatic heterocycles. The lowest BCUT2D eigenvalue weighted by atomic mass is 10.2. The number of aromatic nitrogens is 1. The Labute approximate surface area is 129 Å². The van der Waals surface area contributed by atoms with Crippen LogP contribution in [0.15, 0.2) is 40.2 Å². The van der Waals surface area contributed by atoms with Crippen molar-refractivity contribution in [3.05, 3.63) is 47.1 Å². The van der Waals surface area contributed by atoms with Crippen molar-refractivity contribution in [2.24, 2.45) is 0 Å². The molecule has 7 heteroatoms. The number of pyridine rings is 1. The molecule has 0 saturated carbocycles. The number of sulfonamides is 1. The van der Waals surface area contributed by atoms with E-state index in [1.54, 1.807) is 18.5 Å². The first kappa shape index (κ1) is 16.1. The topological polar surface area (TPSA) is 71.1 Å². The molecular formula is C14H19N3O2S2. The van der Waals surface area contributed by atoms with E-state index < -0.39 is 10.0 Å². The third kappa shape index (κ3) is 4.89. The minimum atomic E-state index is -3.41. The molecule has 114 valence electrons. The zero-order chi connectivity index (χ0) is 15.1. The van der Waals surface area contributed by atoms with Gasteiger partial charge in [0.1, 0.15) is 4.21 Å². The Morgan fingerprint density at radius 2 is 2.00 bits per heavy atom. The Bertz CT molecular complexity index is 654. The smallest absolute Gasteiger partial charge is 0.250 e. The second-order valence-corrected chi connectivity index (χ2v) is 7.46. The Kier molecular flexibility index (Phi) is 5.86. The number of hydrogen-bond acceptors (Lipinski definition) is 5. The fourth-order valence-electron chi connectivity index (χ4n) is 1.81. The lowest BCUT2D eigenvalue weighted by Gasteiger charge is -2.04. The summed E-state index contributed by atoms with van der Waals surface area (Å²) in [5.41, 5.74) is 2.06. The molecule has 0 fully saturated rings. The van der Waals surface area contributed by atoms with E-state index >= 15 is 0 Å². The molecule has 2 aromatic rings. The van der Waals surface area contributed by atoms with Gasteiger partial charge in [-0.05, 0) is 47.7 Å². The Hall–Kier alpha value is -1.28. The number of thiophene rings is 1. The summed E-state index contributed by atoms with van der Waals surface area (Å²) in [5, 5.41) is 5.05. The lowest BCUT2D eigenvalue weighted by molar-refractivity contribution is 0.583. The summed E-state index contributed by atoms with van der Waals surface area (Å²) in [6.07, 6.45) is 4.06. The second-order valence-electron chi connectivity index (χ2n) is 4.56. The van der Waals surface area contributed by atoms with E-state index in [1.165, 1.54) is 11.3 Å². The fourth-order valence-corrected chi connectivity index (χ4v) is 4.09. The minimum Gasteiger partial charge on any atom is -0.313 e. The van der Waals surface area contributed by atoms with Gasteiger partial charge in [-0.1, -0.05) is 6.92 Å². The zero-order valence-electron chi connectivity index (χ0n) is 11.9. The summed E-state index contributed by atoms with van der Waals surface area (Å²) in [4.78, 5) is 3.93. The van der Waals surface area contributed by atoms with Crippen molar-refractivity contribution in [1.29, 1.82) is 0 Å². The monoisotopic (exact) mass is 325 g/mol. The van der Waals surface area contributed by atoms with E-state index in [4.69, 9.17) is 0 Å². The molecule has 2 aromatic heterocycles. The lowest BCUT2D eigenvalue weighted by Crippen LogP contribution is -2.25. The molecule has 0 saturated heterocycles. The van der Waals surface area contributed by atoms with Gasteiger partial charge in [-0.25, -0.2) is 13.1 Å². The fraction of sp³-hybridized carbons (Fsp3) is 0.357. The quantitative estimate of drug-likeness (QED) is 0.776. The highest BCUT2D eigenvalue weighted by Crippen LogP contribution is 2.20. The predicted octanol–water partition coefficient (Wildman–Crippen LogP) is 1.77. The molecule has 0 radical (unpaired) electrons. The van der Waals surface area contributed by atoms with Crippen LogP contribution in [0.4, 0.5) is 0 Å². The Balaban J connectivity index is 1.90. The van der Waals surface area contributed by atoms with Gasteiger partial charge in [0.25, 0.3) is 0 Å². The predicted molar refractivity (Wildman–Crippen MR) is 84.8 cm³/mol. The van der Waals surface area contributed by atoms with Crippen molar-refractivity contribution in [2.45, 2.75) is 24.1 Å². The number of nitrogens with zero attached hydrogens (tertiary/aromatic N) is 1. The first-order valence-electron chi connectivity index (χ1n) is 6.78. The van der Waals surface area contributed by atoms with E-state index in [0.717, 1.165) is 17.7 Å². The summed E-state index contributed by atoms with van der Waals surface area (Å²) in [7, 11) is -3.41. The van der Waals surface area contributed by atoms with Gasteiger partial charge in [0.15, 0.2) is 0 Å². The summed E-state index contributed by atoms with van der Waals surface area (Å²) in [6.45, 7) is 3.96. The van der Waals surface area contributed by atoms with E-state index in [0.29, 0.717) is 23.7 Å². The van der Waals surface area contributed by atoms with Gasteiger partial charge in [-0.2, -0.15) is 0 Å². The van der Waals surface area contributed by atoms with Gasteiger partial charge >= 0.3 is 0 Å². The Morgan fingerprint density at radius 1 is 1.24 bits per heavy atom. The maximum Gasteiger partial charge on any atom is 0.250 e. The molecule has 0 amide bonds. The van der Waals surface area contributed by atoms with Crippen LogP contribution in [-0.4, -0.2) is 26.5 Å². The highest BCUT2D eigenvalue weighted by Gasteiger charge is 2.16. The third-order valence-electron chi connectivity index (χ3n) is 2.93. The van der Waals surface area contributed by atoms with Crippen LogP contribution in [-0.2, 0) is 23.0 Å². The van der Waals surface area contributed by atoms with E-state index in [2.05, 4.69) is 15.0 Å². The average Bonchev–Trinajstić information content (AvgIpc) is 2.96. The molecule has 21 heavy (non-hydrogen) atoms. The average molecular weight is 325 g/mol. The summed E-state index contributed by atoms with van der Waals surface area (Å²) >= 11 is 1.25. The van der Waals surface area contributed by atoms with Gasteiger partial charge in [-0.15, -0.1) is 11.3 Å². The first-order chi connectivity index (χ1) is 10.1. The number of rotatable bonds is 8. The molecule has 0 aromatic carbocycles. The maximum atomic E-state index is 12.2. The van der Waals surface area contributed by atoms with Crippen molar-refractivity contribution >= 4 is 21.4 Å². The highest BCUT2D eigenvalue weighted by atomic mass is 32.2. The van der Waals surface area contributed by atoms with Gasteiger partial charge in [0.05, 0.1) is 0 Å². The SMILES string of the molecule is CCNCc1csc(S(=O)(=O)NCCc2ccncc2)c1. The van der Waals surface area contributed by atoms with Gasteiger partial charge in [-0.3, -0.25) is 4.98 Å². The molecule has 0 aliphatic rings. The summed E-state index contributed by atoms with van der Waals surface area (Å²) in [5.74, 6) is 0. The molecule has 0 spiro atoms. The molecule has 0 bridgehead atoms. The molecule has 2 rings (SSSR count). The second kappa shape index (κ2) is 7.65. The standard InChI is InChI=1S/C14H19N3O2S2/c1-2-15-10-13-9-14(20-11-13)21(18,19)17-8-5-12-3-6-16-7-4-12/h3-4,6-7,9,11,15,17H,2,5,8,10H2,1H3. The van der Waals surface area contributed by atoms with Crippen LogP contribution in [0.5, 0.6) is 0 Å². The van der Waals surface area contributed by atoms with Crippen molar-refractivity contribution in [3.63, 3.8) is 0 Å². The van der Waals surface area contributed by atoms with Gasteiger partial charge in [0, 0.05) is 25.5 Å². The van der Waals surface area contributed by atoms with Crippen LogP contribution < -0.4 is 10.0 Å². The van der Waals surface area contributed by atoms with Crippen molar-refractivity contribution in [2.75, 3.05) is 13.1 Å². The third-order valence-corrected chi connectivity index (χ3v) is 5.88. The first-order valence-corrected chi connectivity index (χ1v) is 9.15. The number of nitrogens with one attached hydrogen (secondary N) is 2. The summed E-state index contributed by atoms with van der Waals surface area (Å²) in [6, 6.07) is 5.49. The minimum absolute atomic E-state index is 0.366. The maximum absolute atomic E-state index is 12.2. The van der Waals surface area contributed by atoms with Crippen molar-refractivity contribution in [1.82, 2.24) is 15.0 Å². The van der Waals surface area contributed by atoms with Gasteiger partial charge in [0.2, 0.25) is 10.0 Å². The highest BCUT2D eigenvalue weighted by molar-refractivity contribution is 7.91. The largest absolute Gasteiger partial charge is 0.313 e. The van der Waals surface area contributed by atoms with Gasteiger partial charge < -0.3 is 5.32 Å². The van der Waals surface area contributed by atoms with E-state index in [1.807, 2.05) is 24.4 Å². The summed E-state index contributed by atoms with van der Waals surface area (Å²) < 4.78 is 27.4. The van der Waals surface area contributed by atoms with E-state index in [9.17, 15) is 8.42 Å². The molecule has 0 aliphatic carbocycles. The molecule has 5 nitrogen and oxygen atoms in total. The zero-order valence-corrected chi connectivity index (χ0v) is 13.5. The van der Waals surface area contributed by atoms with Crippen LogP contribution >= 0.6 is 11.3 Å². The van der Waals surface area contributed by atoms with Crippen LogP contribution in [0.2, 0.25) is 0 Å². The van der Waals surface area contributed by atoms with Crippen LogP contribution in [0.1, 0.15) is 18.1 Å². The molecule has 0 atom stereocenters. The molecular weight excluding hydrogens is 306 g/mol. The van der Waals surface area contributed by atoms with Crippen LogP contribution in [0.3, 0.4) is 0 Å². The normalized spacial score (nSPS) is 11.7. The van der Waals surface area contributed by atoms with Crippen molar-refractivity contribution in [3.8, 4) is 0 Å². The molecule has 0 unspecified atom stereocenters. The number of hydrogen-bond donors (Lipinski definition) is 2. The van der Waals surface area contributed by atoms with Crippen molar-refractivity contribution < 1.29 is 8.42 Å².